The Morgan fingerprint density at radius 1 is 1.31 bits per heavy atom. The lowest BCUT2D eigenvalue weighted by Crippen LogP contribution is -2.40. The molecule has 0 aliphatic carbocycles. The lowest BCUT2D eigenvalue weighted by molar-refractivity contribution is -0.113. The van der Waals surface area contributed by atoms with Crippen LogP contribution in [0.2, 0.25) is 0 Å². The third-order valence-corrected chi connectivity index (χ3v) is 8.55. The van der Waals surface area contributed by atoms with Crippen molar-refractivity contribution in [3.05, 3.63) is 24.3 Å². The maximum Gasteiger partial charge on any atom is 0.241 e. The van der Waals surface area contributed by atoms with Gasteiger partial charge in [0.25, 0.3) is 0 Å². The quantitative estimate of drug-likeness (QED) is 0.724. The highest BCUT2D eigenvalue weighted by Gasteiger charge is 2.28. The zero-order valence-corrected chi connectivity index (χ0v) is 17.4. The van der Waals surface area contributed by atoms with E-state index in [9.17, 15) is 21.6 Å². The molecule has 0 bridgehead atoms. The van der Waals surface area contributed by atoms with E-state index in [1.165, 1.54) is 23.9 Å². The van der Waals surface area contributed by atoms with Crippen molar-refractivity contribution in [2.45, 2.75) is 42.9 Å². The maximum atomic E-state index is 12.4. The van der Waals surface area contributed by atoms with E-state index in [0.29, 0.717) is 12.1 Å². The van der Waals surface area contributed by atoms with Gasteiger partial charge in [0.2, 0.25) is 15.9 Å². The molecule has 10 heteroatoms. The summed E-state index contributed by atoms with van der Waals surface area (Å²) in [5, 5.41) is 2.60. The second-order valence-electron chi connectivity index (χ2n) is 7.27. The van der Waals surface area contributed by atoms with Crippen LogP contribution in [0.4, 0.5) is 5.69 Å². The van der Waals surface area contributed by atoms with Crippen LogP contribution in [0.25, 0.3) is 0 Å². The molecule has 146 valence electrons. The molecule has 7 nitrogen and oxygen atoms in total. The number of carbonyl (C=O) groups excluding carboxylic acids is 1. The highest BCUT2D eigenvalue weighted by atomic mass is 32.2. The van der Waals surface area contributed by atoms with E-state index in [1.807, 2.05) is 0 Å². The fourth-order valence-corrected chi connectivity index (χ4v) is 7.39. The Hall–Kier alpha value is -1.10. The van der Waals surface area contributed by atoms with Gasteiger partial charge in [-0.05, 0) is 45.4 Å². The van der Waals surface area contributed by atoms with Crippen LogP contribution in [-0.4, -0.2) is 50.8 Å². The molecule has 1 aromatic carbocycles. The molecule has 1 aromatic rings. The Balaban J connectivity index is 1.97. The molecule has 0 unspecified atom stereocenters. The van der Waals surface area contributed by atoms with Gasteiger partial charge in [-0.2, -0.15) is 0 Å². The smallest absolute Gasteiger partial charge is 0.241 e. The summed E-state index contributed by atoms with van der Waals surface area (Å²) < 4.78 is 50.1. The first-order chi connectivity index (χ1) is 11.9. The summed E-state index contributed by atoms with van der Waals surface area (Å²) in [5.41, 5.74) is -0.234. The van der Waals surface area contributed by atoms with E-state index in [0.717, 1.165) is 0 Å². The first-order valence-electron chi connectivity index (χ1n) is 8.12. The molecule has 0 saturated carbocycles. The van der Waals surface area contributed by atoms with Gasteiger partial charge in [0, 0.05) is 16.5 Å². The van der Waals surface area contributed by atoms with Crippen molar-refractivity contribution < 1.29 is 21.6 Å². The minimum atomic E-state index is -3.69. The van der Waals surface area contributed by atoms with Crippen molar-refractivity contribution in [3.8, 4) is 0 Å². The number of hydrogen-bond acceptors (Lipinski definition) is 6. The van der Waals surface area contributed by atoms with Crippen molar-refractivity contribution >= 4 is 43.2 Å². The van der Waals surface area contributed by atoms with Crippen LogP contribution in [0.3, 0.4) is 0 Å². The average molecular weight is 421 g/mol. The number of benzene rings is 1. The van der Waals surface area contributed by atoms with Crippen molar-refractivity contribution in [3.63, 3.8) is 0 Å². The van der Waals surface area contributed by atoms with Gasteiger partial charge in [-0.3, -0.25) is 4.79 Å². The number of rotatable bonds is 6. The molecule has 1 heterocycles. The number of thioether (sulfide) groups is 1. The van der Waals surface area contributed by atoms with Gasteiger partial charge in [-0.1, -0.05) is 6.07 Å². The Morgan fingerprint density at radius 3 is 2.58 bits per heavy atom. The summed E-state index contributed by atoms with van der Waals surface area (Å²) >= 11 is 1.31. The van der Waals surface area contributed by atoms with Crippen LogP contribution in [0.5, 0.6) is 0 Å². The molecule has 2 N–H and O–H groups in total. The summed E-state index contributed by atoms with van der Waals surface area (Å²) in [5.74, 6) is 0.110. The van der Waals surface area contributed by atoms with E-state index in [4.69, 9.17) is 0 Å². The zero-order valence-electron chi connectivity index (χ0n) is 15.0. The van der Waals surface area contributed by atoms with Crippen LogP contribution in [0.15, 0.2) is 29.2 Å². The maximum absolute atomic E-state index is 12.4. The molecule has 1 saturated heterocycles. The number of nitrogens with one attached hydrogen (secondary N) is 2. The first kappa shape index (κ1) is 21.2. The molecule has 1 amide bonds. The standard InChI is InChI=1S/C16H24N2O5S3/c1-16(2,3)18-26(22,23)14-6-4-5-12(9-14)17-15(19)10-24-13-7-8-25(20,21)11-13/h4-6,9,13,18H,7-8,10-11H2,1-3H3,(H,17,19)/t13-/m0/s1. The number of amides is 1. The predicted molar refractivity (Wildman–Crippen MR) is 105 cm³/mol. The molecule has 1 atom stereocenters. The van der Waals surface area contributed by atoms with Crippen LogP contribution >= 0.6 is 11.8 Å². The minimum absolute atomic E-state index is 0.0616. The van der Waals surface area contributed by atoms with Gasteiger partial charge >= 0.3 is 0 Å². The van der Waals surface area contributed by atoms with Crippen molar-refractivity contribution in [1.29, 1.82) is 0 Å². The van der Waals surface area contributed by atoms with Gasteiger partial charge in [0.05, 0.1) is 22.2 Å². The molecule has 0 aromatic heterocycles. The van der Waals surface area contributed by atoms with E-state index in [-0.39, 0.29) is 33.3 Å². The van der Waals surface area contributed by atoms with Crippen LogP contribution in [-0.2, 0) is 24.7 Å². The van der Waals surface area contributed by atoms with Crippen molar-refractivity contribution in [2.75, 3.05) is 22.6 Å². The molecule has 2 rings (SSSR count). The van der Waals surface area contributed by atoms with Crippen LogP contribution in [0.1, 0.15) is 27.2 Å². The van der Waals surface area contributed by atoms with Crippen molar-refractivity contribution in [2.24, 2.45) is 0 Å². The molecule has 0 radical (unpaired) electrons. The van der Waals surface area contributed by atoms with Gasteiger partial charge in [0.1, 0.15) is 0 Å². The van der Waals surface area contributed by atoms with Crippen LogP contribution in [0, 0.1) is 0 Å². The lowest BCUT2D eigenvalue weighted by atomic mass is 10.1. The normalized spacial score (nSPS) is 20.0. The third-order valence-electron chi connectivity index (χ3n) is 3.51. The monoisotopic (exact) mass is 420 g/mol. The number of hydrogen-bond donors (Lipinski definition) is 2. The van der Waals surface area contributed by atoms with Crippen LogP contribution < -0.4 is 10.0 Å². The molecule has 26 heavy (non-hydrogen) atoms. The number of sulfonamides is 1. The summed E-state index contributed by atoms with van der Waals surface area (Å²) in [6, 6.07) is 6.03. The Kier molecular flexibility index (Phi) is 6.42. The minimum Gasteiger partial charge on any atom is -0.325 e. The fraction of sp³-hybridized carbons (Fsp3) is 0.562. The highest BCUT2D eigenvalue weighted by molar-refractivity contribution is 8.02. The van der Waals surface area contributed by atoms with Gasteiger partial charge in [-0.25, -0.2) is 21.6 Å². The molecule has 0 spiro atoms. The zero-order chi connectivity index (χ0) is 19.6. The Labute approximate surface area is 159 Å². The van der Waals surface area contributed by atoms with E-state index in [1.54, 1.807) is 32.9 Å². The molecule has 1 aliphatic rings. The Bertz CT molecular complexity index is 873. The molecule has 1 fully saturated rings. The van der Waals surface area contributed by atoms with E-state index in [2.05, 4.69) is 10.0 Å². The highest BCUT2D eigenvalue weighted by Crippen LogP contribution is 2.24. The molecular formula is C16H24N2O5S3. The first-order valence-corrected chi connectivity index (χ1v) is 12.5. The van der Waals surface area contributed by atoms with E-state index >= 15 is 0 Å². The number of carbonyl (C=O) groups is 1. The van der Waals surface area contributed by atoms with Gasteiger partial charge in [0.15, 0.2) is 9.84 Å². The molecular weight excluding hydrogens is 396 g/mol. The Morgan fingerprint density at radius 2 is 2.00 bits per heavy atom. The summed E-state index contributed by atoms with van der Waals surface area (Å²) in [6.07, 6.45) is 0.562. The second-order valence-corrected chi connectivity index (χ2v) is 12.5. The van der Waals surface area contributed by atoms with Gasteiger partial charge < -0.3 is 5.32 Å². The average Bonchev–Trinajstić information content (AvgIpc) is 2.82. The second kappa shape index (κ2) is 7.87. The summed E-state index contributed by atoms with van der Waals surface area (Å²) in [7, 11) is -6.65. The summed E-state index contributed by atoms with van der Waals surface area (Å²) in [6.45, 7) is 5.24. The van der Waals surface area contributed by atoms with Crippen molar-refractivity contribution in [1.82, 2.24) is 4.72 Å². The SMILES string of the molecule is CC(C)(C)NS(=O)(=O)c1cccc(NC(=O)CS[C@H]2CCS(=O)(=O)C2)c1. The topological polar surface area (TPSA) is 109 Å². The number of sulfone groups is 1. The summed E-state index contributed by atoms with van der Waals surface area (Å²) in [4.78, 5) is 12.1. The fourth-order valence-electron chi connectivity index (χ4n) is 2.49. The predicted octanol–water partition coefficient (Wildman–Crippen LogP) is 1.62. The number of anilines is 1. The van der Waals surface area contributed by atoms with Gasteiger partial charge in [-0.15, -0.1) is 11.8 Å². The third kappa shape index (κ3) is 6.57. The van der Waals surface area contributed by atoms with E-state index < -0.39 is 25.4 Å². The molecule has 1 aliphatic heterocycles. The lowest BCUT2D eigenvalue weighted by Gasteiger charge is -2.20. The largest absolute Gasteiger partial charge is 0.325 e.